The molecule has 128 valence electrons. The van der Waals surface area contributed by atoms with Gasteiger partial charge in [0.05, 0.1) is 5.52 Å². The molecule has 6 nitrogen and oxygen atoms in total. The highest BCUT2D eigenvalue weighted by atomic mass is 16.2. The minimum atomic E-state index is 0.0650. The smallest absolute Gasteiger partial charge is 0.275 e. The van der Waals surface area contributed by atoms with Crippen molar-refractivity contribution in [3.05, 3.63) is 30.0 Å². The fourth-order valence-electron chi connectivity index (χ4n) is 3.82. The lowest BCUT2D eigenvalue weighted by atomic mass is 10.0. The number of hydrogen-bond donors (Lipinski definition) is 0. The van der Waals surface area contributed by atoms with Gasteiger partial charge in [-0.25, -0.2) is 0 Å². The fraction of sp³-hybridized carbons (Fsp3) is 0.556. The van der Waals surface area contributed by atoms with Crippen LogP contribution in [0.3, 0.4) is 0 Å². The van der Waals surface area contributed by atoms with Crippen LogP contribution in [0.2, 0.25) is 0 Å². The maximum Gasteiger partial charge on any atom is 0.275 e. The number of aromatic nitrogens is 2. The van der Waals surface area contributed by atoms with Gasteiger partial charge in [-0.1, -0.05) is 25.1 Å². The first kappa shape index (κ1) is 15.6. The molecule has 2 fully saturated rings. The minimum Gasteiger partial charge on any atom is -0.334 e. The summed E-state index contributed by atoms with van der Waals surface area (Å²) in [5, 5.41) is 5.41. The number of hydrogen-bond acceptors (Lipinski definition) is 4. The predicted octanol–water partition coefficient (Wildman–Crippen LogP) is 1.04. The fourth-order valence-corrected chi connectivity index (χ4v) is 3.82. The second-order valence-electron chi connectivity index (χ2n) is 6.82. The normalized spacial score (nSPS) is 20.5. The number of amides is 1. The third-order valence-electron chi connectivity index (χ3n) is 5.48. The number of nitrogens with zero attached hydrogens (tertiary/aromatic N) is 5. The van der Waals surface area contributed by atoms with Gasteiger partial charge in [-0.05, 0) is 12.6 Å². The van der Waals surface area contributed by atoms with Gasteiger partial charge in [0, 0.05) is 57.7 Å². The number of carbonyl (C=O) groups excluding carboxylic acids is 1. The summed E-state index contributed by atoms with van der Waals surface area (Å²) in [5.74, 6) is 0.0650. The average Bonchev–Trinajstić information content (AvgIpc) is 2.91. The van der Waals surface area contributed by atoms with Crippen LogP contribution in [0.5, 0.6) is 0 Å². The summed E-state index contributed by atoms with van der Waals surface area (Å²) in [4.78, 5) is 19.8. The van der Waals surface area contributed by atoms with Crippen molar-refractivity contribution >= 4 is 16.8 Å². The van der Waals surface area contributed by atoms with E-state index in [1.54, 1.807) is 4.68 Å². The zero-order valence-electron chi connectivity index (χ0n) is 14.5. The molecule has 0 saturated carbocycles. The number of likely N-dealkylation sites (N-methyl/N-ethyl adjacent to an activating group) is 1. The molecular weight excluding hydrogens is 302 g/mol. The number of carbonyl (C=O) groups is 1. The van der Waals surface area contributed by atoms with E-state index in [0.717, 1.165) is 56.7 Å². The average molecular weight is 327 g/mol. The minimum absolute atomic E-state index is 0.0650. The van der Waals surface area contributed by atoms with E-state index in [4.69, 9.17) is 0 Å². The van der Waals surface area contributed by atoms with Crippen molar-refractivity contribution in [3.63, 3.8) is 0 Å². The van der Waals surface area contributed by atoms with Crippen LogP contribution in [0.15, 0.2) is 24.3 Å². The van der Waals surface area contributed by atoms with Crippen LogP contribution in [-0.4, -0.2) is 82.2 Å². The number of rotatable bonds is 3. The Morgan fingerprint density at radius 3 is 2.58 bits per heavy atom. The summed E-state index contributed by atoms with van der Waals surface area (Å²) in [6.07, 6.45) is 0. The van der Waals surface area contributed by atoms with Gasteiger partial charge in [-0.3, -0.25) is 14.4 Å². The van der Waals surface area contributed by atoms with E-state index in [1.165, 1.54) is 0 Å². The third kappa shape index (κ3) is 2.59. The van der Waals surface area contributed by atoms with Gasteiger partial charge in [-0.2, -0.15) is 5.10 Å². The van der Waals surface area contributed by atoms with Crippen LogP contribution in [0.4, 0.5) is 0 Å². The Morgan fingerprint density at radius 2 is 1.88 bits per heavy atom. The Hall–Kier alpha value is -1.92. The second kappa shape index (κ2) is 6.18. The molecule has 0 bridgehead atoms. The molecule has 6 heteroatoms. The number of benzene rings is 1. The van der Waals surface area contributed by atoms with E-state index >= 15 is 0 Å². The first-order chi connectivity index (χ1) is 11.7. The molecule has 0 aliphatic carbocycles. The van der Waals surface area contributed by atoms with Gasteiger partial charge >= 0.3 is 0 Å². The Balaban J connectivity index is 1.41. The van der Waals surface area contributed by atoms with E-state index in [0.29, 0.717) is 11.7 Å². The lowest BCUT2D eigenvalue weighted by Crippen LogP contribution is -2.64. The molecule has 2 aliphatic rings. The summed E-state index contributed by atoms with van der Waals surface area (Å²) in [6, 6.07) is 8.45. The molecule has 3 heterocycles. The van der Waals surface area contributed by atoms with E-state index in [9.17, 15) is 4.79 Å². The lowest BCUT2D eigenvalue weighted by Gasteiger charge is -2.47. The highest BCUT2D eigenvalue weighted by Gasteiger charge is 2.37. The van der Waals surface area contributed by atoms with Gasteiger partial charge in [0.15, 0.2) is 5.69 Å². The first-order valence-corrected chi connectivity index (χ1v) is 8.84. The zero-order chi connectivity index (χ0) is 16.7. The molecule has 1 aromatic heterocycles. The van der Waals surface area contributed by atoms with Crippen molar-refractivity contribution in [3.8, 4) is 0 Å². The van der Waals surface area contributed by atoms with Crippen molar-refractivity contribution in [2.45, 2.75) is 13.0 Å². The summed E-state index contributed by atoms with van der Waals surface area (Å²) in [5.41, 5.74) is 1.59. The second-order valence-corrected chi connectivity index (χ2v) is 6.82. The highest BCUT2D eigenvalue weighted by Crippen LogP contribution is 2.23. The molecule has 4 rings (SSSR count). The summed E-state index contributed by atoms with van der Waals surface area (Å²) < 4.78 is 1.80. The van der Waals surface area contributed by atoms with Crippen molar-refractivity contribution in [1.82, 2.24) is 24.5 Å². The van der Waals surface area contributed by atoms with Crippen molar-refractivity contribution in [2.24, 2.45) is 7.05 Å². The number of likely N-dealkylation sites (tertiary alicyclic amines) is 1. The Bertz CT molecular complexity index is 741. The maximum atomic E-state index is 12.8. The Labute approximate surface area is 142 Å². The Kier molecular flexibility index (Phi) is 4.02. The van der Waals surface area contributed by atoms with Gasteiger partial charge in [0.2, 0.25) is 0 Å². The molecule has 1 amide bonds. The van der Waals surface area contributed by atoms with Crippen LogP contribution in [0.1, 0.15) is 17.4 Å². The van der Waals surface area contributed by atoms with E-state index in [2.05, 4.69) is 21.8 Å². The van der Waals surface area contributed by atoms with Crippen LogP contribution in [0, 0.1) is 0 Å². The van der Waals surface area contributed by atoms with Crippen LogP contribution in [-0.2, 0) is 7.05 Å². The van der Waals surface area contributed by atoms with Gasteiger partial charge in [-0.15, -0.1) is 0 Å². The van der Waals surface area contributed by atoms with Crippen LogP contribution < -0.4 is 0 Å². The van der Waals surface area contributed by atoms with E-state index < -0.39 is 0 Å². The predicted molar refractivity (Wildman–Crippen MR) is 94.1 cm³/mol. The molecule has 0 unspecified atom stereocenters. The number of aryl methyl sites for hydroxylation is 1. The zero-order valence-corrected chi connectivity index (χ0v) is 14.5. The molecule has 0 atom stereocenters. The largest absolute Gasteiger partial charge is 0.334 e. The monoisotopic (exact) mass is 327 g/mol. The summed E-state index contributed by atoms with van der Waals surface area (Å²) >= 11 is 0. The van der Waals surface area contributed by atoms with Crippen LogP contribution >= 0.6 is 0 Å². The number of fused-ring (bicyclic) bond motifs is 1. The molecular formula is C18H25N5O. The third-order valence-corrected chi connectivity index (χ3v) is 5.48. The lowest BCUT2D eigenvalue weighted by molar-refractivity contribution is 0.00814. The quantitative estimate of drug-likeness (QED) is 0.845. The SMILES string of the molecule is CCN1CCN(C2CN(C(=O)c3nn(C)c4ccccc34)C2)CC1. The van der Waals surface area contributed by atoms with Crippen molar-refractivity contribution in [1.29, 1.82) is 0 Å². The molecule has 0 N–H and O–H groups in total. The molecule has 1 aromatic carbocycles. The topological polar surface area (TPSA) is 44.6 Å². The Morgan fingerprint density at radius 1 is 1.17 bits per heavy atom. The van der Waals surface area contributed by atoms with E-state index in [1.807, 2.05) is 36.2 Å². The molecule has 24 heavy (non-hydrogen) atoms. The van der Waals surface area contributed by atoms with Gasteiger partial charge < -0.3 is 9.80 Å². The van der Waals surface area contributed by atoms with Crippen molar-refractivity contribution in [2.75, 3.05) is 45.8 Å². The van der Waals surface area contributed by atoms with Gasteiger partial charge in [0.1, 0.15) is 0 Å². The molecule has 2 aromatic rings. The van der Waals surface area contributed by atoms with Crippen LogP contribution in [0.25, 0.3) is 10.9 Å². The maximum absolute atomic E-state index is 12.8. The first-order valence-electron chi connectivity index (χ1n) is 8.84. The highest BCUT2D eigenvalue weighted by molar-refractivity contribution is 6.05. The summed E-state index contributed by atoms with van der Waals surface area (Å²) in [6.45, 7) is 9.54. The van der Waals surface area contributed by atoms with Crippen molar-refractivity contribution < 1.29 is 4.79 Å². The standard InChI is InChI=1S/C18H25N5O/c1-3-21-8-10-22(11-9-21)14-12-23(13-14)18(24)17-15-6-4-5-7-16(15)20(2)19-17/h4-7,14H,3,8-13H2,1-2H3. The number of piperazine rings is 1. The van der Waals surface area contributed by atoms with E-state index in [-0.39, 0.29) is 5.91 Å². The molecule has 0 radical (unpaired) electrons. The number of para-hydroxylation sites is 1. The molecule has 2 aliphatic heterocycles. The molecule has 0 spiro atoms. The van der Waals surface area contributed by atoms with Gasteiger partial charge in [0.25, 0.3) is 5.91 Å². The molecule has 2 saturated heterocycles. The summed E-state index contributed by atoms with van der Waals surface area (Å²) in [7, 11) is 1.89.